The lowest BCUT2D eigenvalue weighted by Crippen LogP contribution is -2.02. The minimum absolute atomic E-state index is 0.00538. The molecule has 1 aromatic heterocycles. The summed E-state index contributed by atoms with van der Waals surface area (Å²) in [6.07, 6.45) is 1.24. The average Bonchev–Trinajstić information content (AvgIpc) is 2.60. The van der Waals surface area contributed by atoms with Gasteiger partial charge in [0.2, 0.25) is 0 Å². The van der Waals surface area contributed by atoms with Crippen LogP contribution in [-0.2, 0) is 11.2 Å². The molecule has 0 aliphatic rings. The second-order valence-corrected chi connectivity index (χ2v) is 4.21. The molecule has 17 heavy (non-hydrogen) atoms. The highest BCUT2D eigenvalue weighted by atomic mass is 32.1. The summed E-state index contributed by atoms with van der Waals surface area (Å²) in [5, 5.41) is 8.47. The number of H-pyrrole nitrogens is 1. The van der Waals surface area contributed by atoms with Crippen molar-refractivity contribution in [2.45, 2.75) is 25.7 Å². The number of hydrogen-bond donors (Lipinski definition) is 4. The first-order chi connectivity index (χ1) is 8.04. The molecular weight excluding hydrogens is 240 g/mol. The lowest BCUT2D eigenvalue weighted by Gasteiger charge is -1.97. The van der Waals surface area contributed by atoms with Crippen molar-refractivity contribution >= 4 is 30.1 Å². The highest BCUT2D eigenvalue weighted by Gasteiger charge is 2.12. The SMILES string of the molecule is Nc1cc(C(=O)CCCC(=O)O)[nH]c1CCS. The Bertz CT molecular complexity index is 415. The summed E-state index contributed by atoms with van der Waals surface area (Å²) in [4.78, 5) is 25.0. The minimum atomic E-state index is -0.889. The molecule has 0 aliphatic carbocycles. The standard InChI is InChI=1S/C11H16N2O3S/c12-7-6-9(13-8(7)4-5-17)10(14)2-1-3-11(15)16/h6,13,17H,1-5,12H2,(H,15,16). The Balaban J connectivity index is 2.57. The van der Waals surface area contributed by atoms with Gasteiger partial charge in [-0.2, -0.15) is 12.6 Å². The molecule has 1 aromatic rings. The number of carbonyl (C=O) groups is 2. The molecule has 6 heteroatoms. The Morgan fingerprint density at radius 3 is 2.71 bits per heavy atom. The van der Waals surface area contributed by atoms with Crippen LogP contribution in [-0.4, -0.2) is 27.6 Å². The fraction of sp³-hybridized carbons (Fsp3) is 0.455. The number of aromatic nitrogens is 1. The summed E-state index contributed by atoms with van der Waals surface area (Å²) in [6.45, 7) is 0. The van der Waals surface area contributed by atoms with E-state index in [-0.39, 0.29) is 18.6 Å². The Morgan fingerprint density at radius 1 is 1.41 bits per heavy atom. The van der Waals surface area contributed by atoms with Crippen LogP contribution in [0, 0.1) is 0 Å². The van der Waals surface area contributed by atoms with Crippen molar-refractivity contribution in [3.05, 3.63) is 17.5 Å². The van der Waals surface area contributed by atoms with E-state index in [0.29, 0.717) is 30.0 Å². The zero-order valence-corrected chi connectivity index (χ0v) is 10.3. The number of nitrogens with two attached hydrogens (primary N) is 1. The maximum Gasteiger partial charge on any atom is 0.303 e. The number of ketones is 1. The van der Waals surface area contributed by atoms with E-state index >= 15 is 0 Å². The number of carbonyl (C=O) groups excluding carboxylic acids is 1. The zero-order valence-electron chi connectivity index (χ0n) is 9.40. The molecule has 0 bridgehead atoms. The van der Waals surface area contributed by atoms with Gasteiger partial charge in [0, 0.05) is 18.5 Å². The number of carboxylic acids is 1. The predicted molar refractivity (Wildman–Crippen MR) is 68.6 cm³/mol. The van der Waals surface area contributed by atoms with Crippen LogP contribution in [0.4, 0.5) is 5.69 Å². The number of thiol groups is 1. The van der Waals surface area contributed by atoms with Crippen LogP contribution in [0.25, 0.3) is 0 Å². The molecule has 0 atom stereocenters. The largest absolute Gasteiger partial charge is 0.481 e. The van der Waals surface area contributed by atoms with Crippen LogP contribution < -0.4 is 5.73 Å². The fourth-order valence-electron chi connectivity index (χ4n) is 1.52. The third kappa shape index (κ3) is 4.14. The van der Waals surface area contributed by atoms with Crippen molar-refractivity contribution in [1.82, 2.24) is 4.98 Å². The van der Waals surface area contributed by atoms with Gasteiger partial charge in [0.1, 0.15) is 0 Å². The summed E-state index contributed by atoms with van der Waals surface area (Å²) in [5.41, 5.74) is 7.54. The first-order valence-corrected chi connectivity index (χ1v) is 6.01. The van der Waals surface area contributed by atoms with Gasteiger partial charge >= 0.3 is 5.97 Å². The Kier molecular flexibility index (Phi) is 5.09. The van der Waals surface area contributed by atoms with Crippen molar-refractivity contribution in [3.8, 4) is 0 Å². The first-order valence-electron chi connectivity index (χ1n) is 5.37. The van der Waals surface area contributed by atoms with E-state index in [1.807, 2.05) is 0 Å². The third-order valence-electron chi connectivity index (χ3n) is 2.39. The smallest absolute Gasteiger partial charge is 0.303 e. The van der Waals surface area contributed by atoms with Crippen LogP contribution in [0.2, 0.25) is 0 Å². The molecule has 0 saturated carbocycles. The molecule has 0 aliphatic heterocycles. The van der Waals surface area contributed by atoms with E-state index in [9.17, 15) is 9.59 Å². The van der Waals surface area contributed by atoms with Gasteiger partial charge in [0.15, 0.2) is 5.78 Å². The van der Waals surface area contributed by atoms with Crippen molar-refractivity contribution in [3.63, 3.8) is 0 Å². The van der Waals surface area contributed by atoms with Crippen LogP contribution in [0.3, 0.4) is 0 Å². The summed E-state index contributed by atoms with van der Waals surface area (Å²) >= 11 is 4.09. The monoisotopic (exact) mass is 256 g/mol. The number of anilines is 1. The lowest BCUT2D eigenvalue weighted by atomic mass is 10.1. The Morgan fingerprint density at radius 2 is 2.12 bits per heavy atom. The number of hydrogen-bond acceptors (Lipinski definition) is 4. The highest BCUT2D eigenvalue weighted by Crippen LogP contribution is 2.16. The molecule has 1 rings (SSSR count). The molecule has 94 valence electrons. The van der Waals surface area contributed by atoms with Crippen LogP contribution in [0.1, 0.15) is 35.4 Å². The van der Waals surface area contributed by atoms with Crippen molar-refractivity contribution in [1.29, 1.82) is 0 Å². The van der Waals surface area contributed by atoms with Gasteiger partial charge < -0.3 is 15.8 Å². The van der Waals surface area contributed by atoms with Crippen LogP contribution in [0.5, 0.6) is 0 Å². The van der Waals surface area contributed by atoms with Crippen molar-refractivity contribution < 1.29 is 14.7 Å². The second-order valence-electron chi connectivity index (χ2n) is 3.76. The van der Waals surface area contributed by atoms with E-state index in [2.05, 4.69) is 17.6 Å². The number of aliphatic carboxylic acids is 1. The predicted octanol–water partition coefficient (Wildman–Crippen LogP) is 1.51. The van der Waals surface area contributed by atoms with E-state index in [0.717, 1.165) is 5.69 Å². The minimum Gasteiger partial charge on any atom is -0.481 e. The van der Waals surface area contributed by atoms with Gasteiger partial charge in [0.25, 0.3) is 0 Å². The Labute approximate surface area is 105 Å². The molecular formula is C11H16N2O3S. The number of nitrogen functional groups attached to an aromatic ring is 1. The first kappa shape index (κ1) is 13.6. The molecule has 0 saturated heterocycles. The number of rotatable bonds is 7. The van der Waals surface area contributed by atoms with Crippen molar-refractivity contribution in [2.24, 2.45) is 0 Å². The van der Waals surface area contributed by atoms with Gasteiger partial charge in [-0.3, -0.25) is 9.59 Å². The fourth-order valence-corrected chi connectivity index (χ4v) is 1.74. The summed E-state index contributed by atoms with van der Waals surface area (Å²) < 4.78 is 0. The van der Waals surface area contributed by atoms with Gasteiger partial charge in [-0.05, 0) is 24.7 Å². The number of aryl methyl sites for hydroxylation is 1. The molecule has 1 heterocycles. The van der Waals surface area contributed by atoms with Crippen LogP contribution in [0.15, 0.2) is 6.07 Å². The summed E-state index contributed by atoms with van der Waals surface area (Å²) in [7, 11) is 0. The number of aromatic amines is 1. The number of carboxylic acid groups (broad SMARTS) is 1. The molecule has 5 nitrogen and oxygen atoms in total. The number of nitrogens with one attached hydrogen (secondary N) is 1. The zero-order chi connectivity index (χ0) is 12.8. The van der Waals surface area contributed by atoms with Gasteiger partial charge in [-0.15, -0.1) is 0 Å². The van der Waals surface area contributed by atoms with Gasteiger partial charge in [0.05, 0.1) is 11.4 Å². The third-order valence-corrected chi connectivity index (χ3v) is 2.61. The topological polar surface area (TPSA) is 96.2 Å². The average molecular weight is 256 g/mol. The molecule has 0 amide bonds. The maximum absolute atomic E-state index is 11.7. The van der Waals surface area contributed by atoms with E-state index in [1.54, 1.807) is 6.07 Å². The Hall–Kier alpha value is -1.43. The van der Waals surface area contributed by atoms with Crippen molar-refractivity contribution in [2.75, 3.05) is 11.5 Å². The van der Waals surface area contributed by atoms with E-state index in [1.165, 1.54) is 0 Å². The second kappa shape index (κ2) is 6.34. The molecule has 0 aromatic carbocycles. The van der Waals surface area contributed by atoms with Gasteiger partial charge in [-0.25, -0.2) is 0 Å². The molecule has 0 unspecified atom stereocenters. The highest BCUT2D eigenvalue weighted by molar-refractivity contribution is 7.80. The van der Waals surface area contributed by atoms with E-state index in [4.69, 9.17) is 10.8 Å². The molecule has 0 spiro atoms. The normalized spacial score (nSPS) is 10.4. The van der Waals surface area contributed by atoms with E-state index < -0.39 is 5.97 Å². The van der Waals surface area contributed by atoms with Gasteiger partial charge in [-0.1, -0.05) is 0 Å². The molecule has 0 fully saturated rings. The molecule has 0 radical (unpaired) electrons. The van der Waals surface area contributed by atoms with Crippen LogP contribution >= 0.6 is 12.6 Å². The number of Topliss-reactive ketones (excluding diaryl/α,β-unsaturated/α-hetero) is 1. The summed E-state index contributed by atoms with van der Waals surface area (Å²) in [6, 6.07) is 1.60. The quantitative estimate of drug-likeness (QED) is 0.439. The molecule has 4 N–H and O–H groups in total. The summed E-state index contributed by atoms with van der Waals surface area (Å²) in [5.74, 6) is -0.347. The lowest BCUT2D eigenvalue weighted by molar-refractivity contribution is -0.137. The maximum atomic E-state index is 11.7.